The van der Waals surface area contributed by atoms with Gasteiger partial charge in [0.2, 0.25) is 0 Å². The molecule has 1 aliphatic heterocycles. The Hall–Kier alpha value is -3.07. The number of hydrogen-bond acceptors (Lipinski definition) is 2. The van der Waals surface area contributed by atoms with Gasteiger partial charge in [-0.1, -0.05) is 25.5 Å². The molecule has 0 saturated carbocycles. The first-order valence-corrected chi connectivity index (χ1v) is 11.9. The summed E-state index contributed by atoms with van der Waals surface area (Å²) in [5.74, 6) is -7.05. The smallest absolute Gasteiger partial charge is 0.429 e. The van der Waals surface area contributed by atoms with Crippen LogP contribution in [0.1, 0.15) is 55.4 Å². The molecule has 3 aromatic carbocycles. The van der Waals surface area contributed by atoms with E-state index in [4.69, 9.17) is 4.74 Å². The first-order chi connectivity index (χ1) is 17.5. The van der Waals surface area contributed by atoms with Crippen LogP contribution in [-0.2, 0) is 10.8 Å². The van der Waals surface area contributed by atoms with E-state index in [1.54, 1.807) is 6.07 Å². The molecule has 0 aliphatic carbocycles. The van der Waals surface area contributed by atoms with Crippen LogP contribution in [0.15, 0.2) is 42.5 Å². The second kappa shape index (κ2) is 10.7. The van der Waals surface area contributed by atoms with E-state index in [-0.39, 0.29) is 17.2 Å². The Kier molecular flexibility index (Phi) is 7.83. The molecule has 4 rings (SSSR count). The Balaban J connectivity index is 1.57. The predicted octanol–water partition coefficient (Wildman–Crippen LogP) is 8.75. The minimum Gasteiger partial charge on any atom is -0.429 e. The minimum atomic E-state index is -4.61. The average molecular weight is 526 g/mol. The van der Waals surface area contributed by atoms with Crippen molar-refractivity contribution in [1.29, 1.82) is 0 Å². The fourth-order valence-electron chi connectivity index (χ4n) is 4.56. The van der Waals surface area contributed by atoms with E-state index in [1.807, 2.05) is 0 Å². The largest absolute Gasteiger partial charge is 0.432 e. The monoisotopic (exact) mass is 526 g/mol. The molecule has 9 heteroatoms. The van der Waals surface area contributed by atoms with Gasteiger partial charge in [0, 0.05) is 23.3 Å². The number of hydrogen-bond donors (Lipinski definition) is 0. The van der Waals surface area contributed by atoms with Gasteiger partial charge in [0.15, 0.2) is 0 Å². The van der Waals surface area contributed by atoms with E-state index >= 15 is 0 Å². The van der Waals surface area contributed by atoms with Crippen molar-refractivity contribution in [2.75, 3.05) is 6.61 Å². The van der Waals surface area contributed by atoms with Crippen LogP contribution in [0.3, 0.4) is 0 Å². The highest BCUT2D eigenvalue weighted by atomic mass is 19.3. The second-order valence-corrected chi connectivity index (χ2v) is 9.24. The van der Waals surface area contributed by atoms with Crippen molar-refractivity contribution in [1.82, 2.24) is 0 Å². The van der Waals surface area contributed by atoms with Crippen molar-refractivity contribution in [3.05, 3.63) is 88.2 Å². The van der Waals surface area contributed by atoms with Crippen molar-refractivity contribution in [2.24, 2.45) is 5.92 Å². The van der Waals surface area contributed by atoms with Gasteiger partial charge in [-0.25, -0.2) is 22.0 Å². The van der Waals surface area contributed by atoms with Gasteiger partial charge < -0.3 is 9.47 Å². The zero-order chi connectivity index (χ0) is 26.9. The summed E-state index contributed by atoms with van der Waals surface area (Å²) in [6.07, 6.45) is -1.16. The molecule has 1 aliphatic rings. The van der Waals surface area contributed by atoms with Crippen LogP contribution in [-0.4, -0.2) is 6.61 Å². The molecule has 198 valence electrons. The van der Waals surface area contributed by atoms with Crippen molar-refractivity contribution in [3.8, 4) is 16.9 Å². The minimum absolute atomic E-state index is 0.195. The molecule has 37 heavy (non-hydrogen) atoms. The summed E-state index contributed by atoms with van der Waals surface area (Å²) in [5.41, 5.74) is -2.13. The van der Waals surface area contributed by atoms with E-state index < -0.39 is 52.1 Å². The highest BCUT2D eigenvalue weighted by molar-refractivity contribution is 5.65. The van der Waals surface area contributed by atoms with Gasteiger partial charge in [-0.05, 0) is 61.4 Å². The van der Waals surface area contributed by atoms with E-state index in [0.29, 0.717) is 48.8 Å². The highest BCUT2D eigenvalue weighted by Crippen LogP contribution is 2.39. The molecule has 0 spiro atoms. The Morgan fingerprint density at radius 1 is 0.865 bits per heavy atom. The summed E-state index contributed by atoms with van der Waals surface area (Å²) >= 11 is 0. The van der Waals surface area contributed by atoms with Crippen molar-refractivity contribution in [2.45, 2.75) is 51.7 Å². The molecule has 0 bridgehead atoms. The number of alkyl halides is 2. The second-order valence-electron chi connectivity index (χ2n) is 9.24. The summed E-state index contributed by atoms with van der Waals surface area (Å²) in [7, 11) is 0. The molecular weight excluding hydrogens is 501 g/mol. The van der Waals surface area contributed by atoms with E-state index in [9.17, 15) is 30.7 Å². The Bertz CT molecular complexity index is 1240. The van der Waals surface area contributed by atoms with Gasteiger partial charge in [0.25, 0.3) is 0 Å². The molecule has 0 radical (unpaired) electrons. The lowest BCUT2D eigenvalue weighted by atomic mass is 9.91. The first-order valence-electron chi connectivity index (χ1n) is 11.9. The fourth-order valence-corrected chi connectivity index (χ4v) is 4.56. The maximum Gasteiger partial charge on any atom is 0.432 e. The molecular formula is C28H25F7O2. The van der Waals surface area contributed by atoms with Crippen LogP contribution >= 0.6 is 0 Å². The molecule has 0 aromatic heterocycles. The fraction of sp³-hybridized carbons (Fsp3) is 0.357. The summed E-state index contributed by atoms with van der Waals surface area (Å²) in [5, 5.41) is 0. The third kappa shape index (κ3) is 5.76. The van der Waals surface area contributed by atoms with E-state index in [1.165, 1.54) is 12.1 Å². The van der Waals surface area contributed by atoms with Gasteiger partial charge in [-0.2, -0.15) is 8.78 Å². The van der Waals surface area contributed by atoms with Gasteiger partial charge in [0.05, 0.1) is 12.7 Å². The number of ether oxygens (including phenoxy) is 2. The highest BCUT2D eigenvalue weighted by Gasteiger charge is 2.41. The van der Waals surface area contributed by atoms with E-state index in [0.717, 1.165) is 26.2 Å². The molecule has 1 heterocycles. The molecule has 1 fully saturated rings. The SMILES string of the molecule is CCCC1CCC(c2ccc(-c3cc(F)c(C(F)(F)Oc4cc(F)c(C)c(F)c4)c(F)c3)c(F)c2)OC1. The topological polar surface area (TPSA) is 18.5 Å². The van der Waals surface area contributed by atoms with Crippen LogP contribution in [0.25, 0.3) is 11.1 Å². The number of halogens is 7. The zero-order valence-corrected chi connectivity index (χ0v) is 20.2. The quantitative estimate of drug-likeness (QED) is 0.287. The number of benzene rings is 3. The van der Waals surface area contributed by atoms with Crippen LogP contribution in [0, 0.1) is 41.9 Å². The molecule has 2 nitrogen and oxygen atoms in total. The predicted molar refractivity (Wildman–Crippen MR) is 124 cm³/mol. The zero-order valence-electron chi connectivity index (χ0n) is 20.2. The lowest BCUT2D eigenvalue weighted by Gasteiger charge is -2.29. The third-order valence-corrected chi connectivity index (χ3v) is 6.58. The molecule has 1 saturated heterocycles. The maximum absolute atomic E-state index is 14.9. The molecule has 0 N–H and O–H groups in total. The van der Waals surface area contributed by atoms with Gasteiger partial charge in [-0.3, -0.25) is 0 Å². The van der Waals surface area contributed by atoms with Gasteiger partial charge in [-0.15, -0.1) is 0 Å². The summed E-state index contributed by atoms with van der Waals surface area (Å²) in [6.45, 7) is 3.75. The van der Waals surface area contributed by atoms with Crippen molar-refractivity contribution < 1.29 is 40.2 Å². The Labute approximate surface area is 210 Å². The molecule has 0 amide bonds. The Morgan fingerprint density at radius 3 is 2.05 bits per heavy atom. The lowest BCUT2D eigenvalue weighted by Crippen LogP contribution is -2.25. The third-order valence-electron chi connectivity index (χ3n) is 6.58. The maximum atomic E-state index is 14.9. The van der Waals surface area contributed by atoms with Crippen molar-refractivity contribution in [3.63, 3.8) is 0 Å². The summed E-state index contributed by atoms with van der Waals surface area (Å²) in [4.78, 5) is 0. The Morgan fingerprint density at radius 2 is 1.51 bits per heavy atom. The molecule has 3 aromatic rings. The van der Waals surface area contributed by atoms with Gasteiger partial charge >= 0.3 is 6.11 Å². The number of rotatable bonds is 7. The lowest BCUT2D eigenvalue weighted by molar-refractivity contribution is -0.189. The summed E-state index contributed by atoms with van der Waals surface area (Å²) < 4.78 is 111. The van der Waals surface area contributed by atoms with Crippen LogP contribution in [0.2, 0.25) is 0 Å². The first kappa shape index (κ1) is 27.0. The molecule has 2 unspecified atom stereocenters. The standard InChI is InChI=1S/C28H25F7O2/c1-3-4-16-5-8-26(36-14-16)17-6-7-20(23(31)9-17)18-10-24(32)27(25(33)11-18)28(34,35)37-19-12-21(29)15(2)22(30)13-19/h6-7,9-13,16,26H,3-5,8,14H2,1-2H3. The summed E-state index contributed by atoms with van der Waals surface area (Å²) in [6, 6.07) is 6.16. The van der Waals surface area contributed by atoms with Crippen LogP contribution in [0.4, 0.5) is 30.7 Å². The normalized spacial score (nSPS) is 18.2. The van der Waals surface area contributed by atoms with Crippen LogP contribution < -0.4 is 4.74 Å². The van der Waals surface area contributed by atoms with Crippen LogP contribution in [0.5, 0.6) is 5.75 Å². The van der Waals surface area contributed by atoms with E-state index in [2.05, 4.69) is 11.7 Å². The van der Waals surface area contributed by atoms with Gasteiger partial charge in [0.1, 0.15) is 40.4 Å². The van der Waals surface area contributed by atoms with Crippen molar-refractivity contribution >= 4 is 0 Å². The molecule has 2 atom stereocenters. The average Bonchev–Trinajstić information content (AvgIpc) is 2.82.